The standard InChI is InChI=1S/C18H17N3O3/c1-11-3-2-4-12(9-11)5-8-16(22)19-13-6-7-14-15(10-13)18(24)21-20-17(14)23/h2-4,6-7,9-10H,5,8H2,1H3,(H,19,22)(H,20,23)(H,21,24). The Bertz CT molecular complexity index is 1020. The fraction of sp³-hybridized carbons (Fsp3) is 0.167. The van der Waals surface area contributed by atoms with Crippen molar-refractivity contribution in [3.8, 4) is 0 Å². The van der Waals surface area contributed by atoms with E-state index < -0.39 is 5.56 Å². The largest absolute Gasteiger partial charge is 0.326 e. The maximum Gasteiger partial charge on any atom is 0.270 e. The van der Waals surface area contributed by atoms with Crippen molar-refractivity contribution in [1.82, 2.24) is 10.2 Å². The van der Waals surface area contributed by atoms with Gasteiger partial charge >= 0.3 is 0 Å². The summed E-state index contributed by atoms with van der Waals surface area (Å²) >= 11 is 0. The van der Waals surface area contributed by atoms with Crippen molar-refractivity contribution in [2.24, 2.45) is 0 Å². The Morgan fingerprint density at radius 1 is 1.00 bits per heavy atom. The average Bonchev–Trinajstić information content (AvgIpc) is 2.57. The predicted molar refractivity (Wildman–Crippen MR) is 93.3 cm³/mol. The molecule has 1 aromatic heterocycles. The van der Waals surface area contributed by atoms with Crippen LogP contribution in [0.25, 0.3) is 10.8 Å². The lowest BCUT2D eigenvalue weighted by atomic mass is 10.1. The number of rotatable bonds is 4. The zero-order valence-corrected chi connectivity index (χ0v) is 13.2. The summed E-state index contributed by atoms with van der Waals surface area (Å²) in [4.78, 5) is 35.5. The summed E-state index contributed by atoms with van der Waals surface area (Å²) < 4.78 is 0. The molecule has 0 aliphatic carbocycles. The third kappa shape index (κ3) is 3.43. The molecule has 0 unspecified atom stereocenters. The number of fused-ring (bicyclic) bond motifs is 1. The van der Waals surface area contributed by atoms with Crippen LogP contribution in [0.5, 0.6) is 0 Å². The fourth-order valence-corrected chi connectivity index (χ4v) is 2.61. The van der Waals surface area contributed by atoms with E-state index in [0.717, 1.165) is 11.1 Å². The SMILES string of the molecule is Cc1cccc(CCC(=O)Nc2ccc3c(=O)[nH][nH]c(=O)c3c2)c1. The molecule has 0 atom stereocenters. The molecule has 0 radical (unpaired) electrons. The number of aromatic amines is 2. The van der Waals surface area contributed by atoms with Gasteiger partial charge in [-0.25, -0.2) is 0 Å². The number of aryl methyl sites for hydroxylation is 2. The van der Waals surface area contributed by atoms with Crippen LogP contribution in [0.3, 0.4) is 0 Å². The molecular weight excluding hydrogens is 306 g/mol. The molecule has 3 aromatic rings. The lowest BCUT2D eigenvalue weighted by molar-refractivity contribution is -0.116. The van der Waals surface area contributed by atoms with E-state index in [-0.39, 0.29) is 22.2 Å². The lowest BCUT2D eigenvalue weighted by Crippen LogP contribution is -2.19. The van der Waals surface area contributed by atoms with Crippen molar-refractivity contribution in [3.63, 3.8) is 0 Å². The van der Waals surface area contributed by atoms with Gasteiger partial charge in [0.05, 0.1) is 10.8 Å². The molecule has 0 spiro atoms. The van der Waals surface area contributed by atoms with Crippen LogP contribution in [0, 0.1) is 6.92 Å². The number of carbonyl (C=O) groups is 1. The Morgan fingerprint density at radius 3 is 2.50 bits per heavy atom. The molecular formula is C18H17N3O3. The summed E-state index contributed by atoms with van der Waals surface area (Å²) in [5.74, 6) is -0.142. The van der Waals surface area contributed by atoms with E-state index >= 15 is 0 Å². The van der Waals surface area contributed by atoms with Crippen LogP contribution >= 0.6 is 0 Å². The molecule has 6 nitrogen and oxygen atoms in total. The van der Waals surface area contributed by atoms with Crippen LogP contribution in [0.2, 0.25) is 0 Å². The summed E-state index contributed by atoms with van der Waals surface area (Å²) in [6.07, 6.45) is 0.981. The van der Waals surface area contributed by atoms with E-state index in [0.29, 0.717) is 18.5 Å². The highest BCUT2D eigenvalue weighted by atomic mass is 16.2. The number of benzene rings is 2. The molecule has 6 heteroatoms. The summed E-state index contributed by atoms with van der Waals surface area (Å²) in [5, 5.41) is 7.83. The maximum atomic E-state index is 12.1. The first-order valence-electron chi connectivity index (χ1n) is 7.63. The highest BCUT2D eigenvalue weighted by Gasteiger charge is 2.07. The quantitative estimate of drug-likeness (QED) is 0.686. The van der Waals surface area contributed by atoms with Gasteiger partial charge in [0.1, 0.15) is 0 Å². The maximum absolute atomic E-state index is 12.1. The van der Waals surface area contributed by atoms with Crippen molar-refractivity contribution in [1.29, 1.82) is 0 Å². The van der Waals surface area contributed by atoms with Gasteiger partial charge in [-0.2, -0.15) is 0 Å². The van der Waals surface area contributed by atoms with E-state index in [4.69, 9.17) is 0 Å². The Hall–Kier alpha value is -3.15. The van der Waals surface area contributed by atoms with Gasteiger partial charge < -0.3 is 5.32 Å². The van der Waals surface area contributed by atoms with E-state index in [1.165, 1.54) is 12.1 Å². The van der Waals surface area contributed by atoms with Crippen molar-refractivity contribution in [2.45, 2.75) is 19.8 Å². The van der Waals surface area contributed by atoms with Gasteiger partial charge in [-0.1, -0.05) is 29.8 Å². The van der Waals surface area contributed by atoms with Crippen LogP contribution in [0.4, 0.5) is 5.69 Å². The van der Waals surface area contributed by atoms with Crippen LogP contribution in [-0.2, 0) is 11.2 Å². The minimum atomic E-state index is -0.402. The molecule has 24 heavy (non-hydrogen) atoms. The number of hydrogen-bond acceptors (Lipinski definition) is 3. The minimum Gasteiger partial charge on any atom is -0.326 e. The van der Waals surface area contributed by atoms with Gasteiger partial charge in [0.2, 0.25) is 5.91 Å². The number of amides is 1. The van der Waals surface area contributed by atoms with Gasteiger partial charge in [0, 0.05) is 12.1 Å². The number of aromatic nitrogens is 2. The number of H-pyrrole nitrogens is 2. The predicted octanol–water partition coefficient (Wildman–Crippen LogP) is 2.10. The van der Waals surface area contributed by atoms with Gasteiger partial charge in [-0.05, 0) is 37.1 Å². The molecule has 3 N–H and O–H groups in total. The van der Waals surface area contributed by atoms with Crippen molar-refractivity contribution >= 4 is 22.4 Å². The van der Waals surface area contributed by atoms with Gasteiger partial charge in [-0.3, -0.25) is 24.6 Å². The second-order valence-electron chi connectivity index (χ2n) is 5.71. The normalized spacial score (nSPS) is 10.7. The van der Waals surface area contributed by atoms with Gasteiger partial charge in [0.25, 0.3) is 11.1 Å². The highest BCUT2D eigenvalue weighted by Crippen LogP contribution is 2.14. The Morgan fingerprint density at radius 2 is 1.75 bits per heavy atom. The smallest absolute Gasteiger partial charge is 0.270 e. The van der Waals surface area contributed by atoms with Crippen LogP contribution in [0.15, 0.2) is 52.1 Å². The van der Waals surface area contributed by atoms with Crippen LogP contribution < -0.4 is 16.4 Å². The summed E-state index contributed by atoms with van der Waals surface area (Å²) in [6, 6.07) is 12.7. The van der Waals surface area contributed by atoms with Crippen molar-refractivity contribution in [2.75, 3.05) is 5.32 Å². The first kappa shape index (κ1) is 15.7. The first-order valence-corrected chi connectivity index (χ1v) is 7.63. The van der Waals surface area contributed by atoms with E-state index in [9.17, 15) is 14.4 Å². The number of nitrogens with one attached hydrogen (secondary N) is 3. The average molecular weight is 323 g/mol. The van der Waals surface area contributed by atoms with E-state index in [1.54, 1.807) is 6.07 Å². The summed E-state index contributed by atoms with van der Waals surface area (Å²) in [5.41, 5.74) is 1.98. The molecule has 0 fully saturated rings. The first-order chi connectivity index (χ1) is 11.5. The summed E-state index contributed by atoms with van der Waals surface area (Å²) in [7, 11) is 0. The molecule has 1 heterocycles. The molecule has 0 saturated carbocycles. The third-order valence-electron chi connectivity index (χ3n) is 3.81. The van der Waals surface area contributed by atoms with Crippen LogP contribution in [0.1, 0.15) is 17.5 Å². The van der Waals surface area contributed by atoms with Crippen molar-refractivity contribution < 1.29 is 4.79 Å². The fourth-order valence-electron chi connectivity index (χ4n) is 2.61. The lowest BCUT2D eigenvalue weighted by Gasteiger charge is -2.07. The van der Waals surface area contributed by atoms with E-state index in [1.807, 2.05) is 25.1 Å². The molecule has 0 aliphatic heterocycles. The second kappa shape index (κ2) is 6.54. The van der Waals surface area contributed by atoms with E-state index in [2.05, 4.69) is 21.6 Å². The third-order valence-corrected chi connectivity index (χ3v) is 3.81. The Labute approximate surface area is 137 Å². The molecule has 3 rings (SSSR count). The zero-order valence-electron chi connectivity index (χ0n) is 13.2. The van der Waals surface area contributed by atoms with Gasteiger partial charge in [0.15, 0.2) is 0 Å². The monoisotopic (exact) mass is 323 g/mol. The molecule has 0 saturated heterocycles. The number of carbonyl (C=O) groups excluding carboxylic acids is 1. The molecule has 0 aliphatic rings. The number of anilines is 1. The number of hydrogen-bond donors (Lipinski definition) is 3. The molecule has 2 aromatic carbocycles. The van der Waals surface area contributed by atoms with Gasteiger partial charge in [-0.15, -0.1) is 0 Å². The molecule has 122 valence electrons. The second-order valence-corrected chi connectivity index (χ2v) is 5.71. The molecule has 1 amide bonds. The van der Waals surface area contributed by atoms with Crippen molar-refractivity contribution in [3.05, 3.63) is 74.3 Å². The highest BCUT2D eigenvalue weighted by molar-refractivity contribution is 5.94. The summed E-state index contributed by atoms with van der Waals surface area (Å²) in [6.45, 7) is 2.01. The Kier molecular flexibility index (Phi) is 4.29. The zero-order chi connectivity index (χ0) is 17.1. The minimum absolute atomic E-state index is 0.142. The molecule has 0 bridgehead atoms. The van der Waals surface area contributed by atoms with Crippen LogP contribution in [-0.4, -0.2) is 16.1 Å². The topological polar surface area (TPSA) is 94.8 Å². The Balaban J connectivity index is 1.72.